The molecule has 4 nitrogen and oxygen atoms in total. The number of para-hydroxylation sites is 1. The van der Waals surface area contributed by atoms with Crippen molar-refractivity contribution in [3.05, 3.63) is 146 Å². The van der Waals surface area contributed by atoms with Gasteiger partial charge in [0.05, 0.1) is 33.3 Å². The van der Waals surface area contributed by atoms with Gasteiger partial charge in [-0.15, -0.1) is 0 Å². The second-order valence-corrected chi connectivity index (χ2v) is 11.9. The normalized spacial score (nSPS) is 11.9. The molecule has 4 aromatic heterocycles. The van der Waals surface area contributed by atoms with Gasteiger partial charge in [0.25, 0.3) is 0 Å². The first-order valence-electron chi connectivity index (χ1n) is 15.5. The molecule has 46 heavy (non-hydrogen) atoms. The highest BCUT2D eigenvalue weighted by atomic mass is 14.8. The Hall–Kier alpha value is -6.26. The molecule has 0 radical (unpaired) electrons. The quantitative estimate of drug-likeness (QED) is 0.150. The standard InChI is InChI=1S/C42H24N4/c1-2-8-37-33(7-1)38(34-19-15-27-6-4-22-44-40(27)42(34)46-37)31-14-10-25-9-13-29-23-30(16-18-32(29)35(25)24-31)36-20-17-28-12-11-26-5-3-21-43-39(26)41(28)45-36/h1-24H. The lowest BCUT2D eigenvalue weighted by Gasteiger charge is -2.14. The van der Waals surface area contributed by atoms with E-state index in [4.69, 9.17) is 15.0 Å². The summed E-state index contributed by atoms with van der Waals surface area (Å²) >= 11 is 0. The maximum atomic E-state index is 5.11. The van der Waals surface area contributed by atoms with Gasteiger partial charge in [-0.2, -0.15) is 0 Å². The molecule has 0 saturated carbocycles. The van der Waals surface area contributed by atoms with E-state index in [1.165, 1.54) is 32.7 Å². The number of hydrogen-bond donors (Lipinski definition) is 0. The summed E-state index contributed by atoms with van der Waals surface area (Å²) in [5, 5.41) is 10.3. The first kappa shape index (κ1) is 25.1. The first-order valence-corrected chi connectivity index (χ1v) is 15.5. The molecule has 0 amide bonds. The van der Waals surface area contributed by atoms with Crippen molar-refractivity contribution in [1.82, 2.24) is 19.9 Å². The molecule has 6 aromatic carbocycles. The summed E-state index contributed by atoms with van der Waals surface area (Å²) in [7, 11) is 0. The van der Waals surface area contributed by atoms with Gasteiger partial charge in [-0.05, 0) is 63.5 Å². The molecule has 0 saturated heterocycles. The molecule has 0 spiro atoms. The zero-order valence-electron chi connectivity index (χ0n) is 24.6. The van der Waals surface area contributed by atoms with E-state index < -0.39 is 0 Å². The van der Waals surface area contributed by atoms with Crippen LogP contribution < -0.4 is 0 Å². The predicted octanol–water partition coefficient (Wildman–Crippen LogP) is 10.7. The third kappa shape index (κ3) is 3.74. The van der Waals surface area contributed by atoms with E-state index in [1.54, 1.807) is 0 Å². The highest BCUT2D eigenvalue weighted by Crippen LogP contribution is 2.39. The Labute approximate surface area is 263 Å². The van der Waals surface area contributed by atoms with Crippen LogP contribution in [0.15, 0.2) is 146 Å². The van der Waals surface area contributed by atoms with Gasteiger partial charge in [-0.1, -0.05) is 97.1 Å². The van der Waals surface area contributed by atoms with Crippen molar-refractivity contribution >= 4 is 76.1 Å². The molecule has 0 aliphatic rings. The molecule has 10 rings (SSSR count). The SMILES string of the molecule is c1cnc2c(c1)ccc1ccc(-c3ccc4c(ccc5ccc(-c6c7ccccc7nc7c6ccc6cccnc67)cc54)c3)nc12. The molecule has 0 N–H and O–H groups in total. The number of fused-ring (bicyclic) bond motifs is 10. The molecule has 0 aliphatic carbocycles. The van der Waals surface area contributed by atoms with Crippen molar-refractivity contribution in [1.29, 1.82) is 0 Å². The number of hydrogen-bond acceptors (Lipinski definition) is 4. The van der Waals surface area contributed by atoms with Gasteiger partial charge in [-0.3, -0.25) is 9.97 Å². The van der Waals surface area contributed by atoms with Crippen LogP contribution in [0.3, 0.4) is 0 Å². The Balaban J connectivity index is 1.18. The van der Waals surface area contributed by atoms with Gasteiger partial charge in [-0.25, -0.2) is 9.97 Å². The van der Waals surface area contributed by atoms with Crippen molar-refractivity contribution in [3.63, 3.8) is 0 Å². The molecule has 212 valence electrons. The minimum Gasteiger partial charge on any atom is -0.254 e. The van der Waals surface area contributed by atoms with E-state index in [0.717, 1.165) is 65.8 Å². The fourth-order valence-corrected chi connectivity index (χ4v) is 7.06. The third-order valence-electron chi connectivity index (χ3n) is 9.28. The fourth-order valence-electron chi connectivity index (χ4n) is 7.06. The Morgan fingerprint density at radius 2 is 1.00 bits per heavy atom. The lowest BCUT2D eigenvalue weighted by Crippen LogP contribution is -1.92. The van der Waals surface area contributed by atoms with Crippen molar-refractivity contribution in [2.45, 2.75) is 0 Å². The van der Waals surface area contributed by atoms with Crippen LogP contribution in [0, 0.1) is 0 Å². The Bertz CT molecular complexity index is 2870. The number of aromatic nitrogens is 4. The van der Waals surface area contributed by atoms with Crippen LogP contribution in [0.4, 0.5) is 0 Å². The van der Waals surface area contributed by atoms with Crippen LogP contribution in [-0.4, -0.2) is 19.9 Å². The number of nitrogens with zero attached hydrogens (tertiary/aromatic N) is 4. The Kier molecular flexibility index (Phi) is 5.25. The van der Waals surface area contributed by atoms with Gasteiger partial charge in [0.1, 0.15) is 0 Å². The summed E-state index contributed by atoms with van der Waals surface area (Å²) in [6.07, 6.45) is 3.68. The minimum atomic E-state index is 0.928. The Morgan fingerprint density at radius 1 is 0.348 bits per heavy atom. The van der Waals surface area contributed by atoms with Crippen LogP contribution in [0.5, 0.6) is 0 Å². The molecule has 0 unspecified atom stereocenters. The smallest absolute Gasteiger partial charge is 0.0978 e. The maximum absolute atomic E-state index is 5.11. The van der Waals surface area contributed by atoms with Gasteiger partial charge < -0.3 is 0 Å². The van der Waals surface area contributed by atoms with Crippen LogP contribution in [0.1, 0.15) is 0 Å². The average molecular weight is 585 g/mol. The lowest BCUT2D eigenvalue weighted by atomic mass is 9.92. The van der Waals surface area contributed by atoms with E-state index in [-0.39, 0.29) is 0 Å². The molecule has 4 heterocycles. The molecule has 0 atom stereocenters. The molecule has 10 aromatic rings. The number of benzene rings is 6. The van der Waals surface area contributed by atoms with Gasteiger partial charge >= 0.3 is 0 Å². The van der Waals surface area contributed by atoms with Crippen molar-refractivity contribution in [2.24, 2.45) is 0 Å². The van der Waals surface area contributed by atoms with Crippen molar-refractivity contribution < 1.29 is 0 Å². The molecule has 0 bridgehead atoms. The van der Waals surface area contributed by atoms with Crippen LogP contribution >= 0.6 is 0 Å². The van der Waals surface area contributed by atoms with Crippen LogP contribution in [0.2, 0.25) is 0 Å². The molecule has 4 heteroatoms. The van der Waals surface area contributed by atoms with Crippen molar-refractivity contribution in [2.75, 3.05) is 0 Å². The highest BCUT2D eigenvalue weighted by molar-refractivity contribution is 6.18. The van der Waals surface area contributed by atoms with E-state index in [2.05, 4.69) is 126 Å². The van der Waals surface area contributed by atoms with Crippen molar-refractivity contribution in [3.8, 4) is 22.4 Å². The summed E-state index contributed by atoms with van der Waals surface area (Å²) in [6.45, 7) is 0. The number of pyridine rings is 4. The predicted molar refractivity (Wildman–Crippen MR) is 191 cm³/mol. The monoisotopic (exact) mass is 584 g/mol. The van der Waals surface area contributed by atoms with E-state index >= 15 is 0 Å². The second-order valence-electron chi connectivity index (χ2n) is 11.9. The maximum Gasteiger partial charge on any atom is 0.0978 e. The third-order valence-corrected chi connectivity index (χ3v) is 9.28. The Morgan fingerprint density at radius 3 is 1.87 bits per heavy atom. The first-order chi connectivity index (χ1) is 22.8. The van der Waals surface area contributed by atoms with E-state index in [9.17, 15) is 0 Å². The van der Waals surface area contributed by atoms with Gasteiger partial charge in [0, 0.05) is 50.5 Å². The summed E-state index contributed by atoms with van der Waals surface area (Å²) in [6, 6.07) is 47.3. The number of rotatable bonds is 2. The van der Waals surface area contributed by atoms with Crippen LogP contribution in [-0.2, 0) is 0 Å². The van der Waals surface area contributed by atoms with Gasteiger partial charge in [0.15, 0.2) is 0 Å². The fraction of sp³-hybridized carbons (Fsp3) is 0. The summed E-state index contributed by atoms with van der Waals surface area (Å²) in [5.41, 5.74) is 9.07. The largest absolute Gasteiger partial charge is 0.254 e. The van der Waals surface area contributed by atoms with E-state index in [1.807, 2.05) is 24.5 Å². The van der Waals surface area contributed by atoms with Gasteiger partial charge in [0.2, 0.25) is 0 Å². The molecule has 0 fully saturated rings. The summed E-state index contributed by atoms with van der Waals surface area (Å²) in [4.78, 5) is 19.6. The topological polar surface area (TPSA) is 51.6 Å². The summed E-state index contributed by atoms with van der Waals surface area (Å²) in [5.74, 6) is 0. The molecular weight excluding hydrogens is 560 g/mol. The van der Waals surface area contributed by atoms with Crippen LogP contribution in [0.25, 0.3) is 98.4 Å². The van der Waals surface area contributed by atoms with E-state index in [0.29, 0.717) is 0 Å². The molecular formula is C42H24N4. The minimum absolute atomic E-state index is 0.928. The molecule has 0 aliphatic heterocycles. The summed E-state index contributed by atoms with van der Waals surface area (Å²) < 4.78 is 0. The lowest BCUT2D eigenvalue weighted by molar-refractivity contribution is 1.37. The zero-order chi connectivity index (χ0) is 30.2. The highest BCUT2D eigenvalue weighted by Gasteiger charge is 2.15. The zero-order valence-corrected chi connectivity index (χ0v) is 24.6. The average Bonchev–Trinajstić information content (AvgIpc) is 3.13. The second kappa shape index (κ2) is 9.62.